The molecule has 82 valence electrons. The Morgan fingerprint density at radius 3 is 2.73 bits per heavy atom. The number of hydrogen-bond acceptors (Lipinski definition) is 1. The van der Waals surface area contributed by atoms with Crippen LogP contribution in [0.4, 0.5) is 0 Å². The van der Waals surface area contributed by atoms with Crippen LogP contribution in [-0.4, -0.2) is 5.11 Å². The second-order valence-corrected chi connectivity index (χ2v) is 4.47. The maximum absolute atomic E-state index is 10.2. The van der Waals surface area contributed by atoms with Crippen molar-refractivity contribution in [2.45, 2.75) is 32.3 Å². The molecule has 0 saturated heterocycles. The van der Waals surface area contributed by atoms with Gasteiger partial charge in [0, 0.05) is 5.02 Å². The molecule has 2 heteroatoms. The first kappa shape index (κ1) is 12.3. The van der Waals surface area contributed by atoms with Gasteiger partial charge in [0.05, 0.1) is 5.60 Å². The van der Waals surface area contributed by atoms with Gasteiger partial charge in [-0.15, -0.1) is 6.58 Å². The fourth-order valence-corrected chi connectivity index (χ4v) is 1.64. The molecule has 1 unspecified atom stereocenters. The van der Waals surface area contributed by atoms with Gasteiger partial charge >= 0.3 is 0 Å². The van der Waals surface area contributed by atoms with Crippen LogP contribution in [0.25, 0.3) is 0 Å². The van der Waals surface area contributed by atoms with Crippen LogP contribution in [0.15, 0.2) is 30.9 Å². The lowest BCUT2D eigenvalue weighted by Crippen LogP contribution is -2.20. The molecule has 0 bridgehead atoms. The summed E-state index contributed by atoms with van der Waals surface area (Å²) in [5, 5.41) is 10.9. The summed E-state index contributed by atoms with van der Waals surface area (Å²) in [6.07, 6.45) is 3.26. The average molecular weight is 225 g/mol. The Morgan fingerprint density at radius 1 is 1.53 bits per heavy atom. The van der Waals surface area contributed by atoms with Crippen molar-refractivity contribution in [1.82, 2.24) is 0 Å². The molecule has 0 fully saturated rings. The predicted octanol–water partition coefficient (Wildman–Crippen LogP) is 3.82. The van der Waals surface area contributed by atoms with E-state index in [-0.39, 0.29) is 0 Å². The molecule has 1 N–H and O–H groups in total. The van der Waals surface area contributed by atoms with Gasteiger partial charge < -0.3 is 5.11 Å². The fraction of sp³-hybridized carbons (Fsp3) is 0.385. The number of rotatable bonds is 4. The number of aryl methyl sites for hydroxylation is 1. The lowest BCUT2D eigenvalue weighted by molar-refractivity contribution is 0.0488. The van der Waals surface area contributed by atoms with E-state index in [2.05, 4.69) is 6.58 Å². The van der Waals surface area contributed by atoms with Crippen molar-refractivity contribution in [3.63, 3.8) is 0 Å². The summed E-state index contributed by atoms with van der Waals surface area (Å²) in [5.74, 6) is 0. The Bertz CT molecular complexity index is 356. The smallest absolute Gasteiger partial charge is 0.0872 e. The van der Waals surface area contributed by atoms with Gasteiger partial charge in [-0.1, -0.05) is 29.8 Å². The SMILES string of the molecule is C=CCCC(C)(O)c1ccc(C)c(Cl)c1. The molecule has 0 amide bonds. The molecule has 1 aromatic carbocycles. The van der Waals surface area contributed by atoms with E-state index in [1.807, 2.05) is 31.2 Å². The normalized spacial score (nSPS) is 14.7. The summed E-state index contributed by atoms with van der Waals surface area (Å²) in [6.45, 7) is 7.40. The molecule has 0 heterocycles. The Labute approximate surface area is 96.4 Å². The van der Waals surface area contributed by atoms with Gasteiger partial charge in [-0.2, -0.15) is 0 Å². The van der Waals surface area contributed by atoms with E-state index in [1.54, 1.807) is 6.92 Å². The maximum atomic E-state index is 10.2. The van der Waals surface area contributed by atoms with Gasteiger partial charge in [0.15, 0.2) is 0 Å². The molecular formula is C13H17ClO. The van der Waals surface area contributed by atoms with E-state index in [9.17, 15) is 5.11 Å². The summed E-state index contributed by atoms with van der Waals surface area (Å²) in [4.78, 5) is 0. The zero-order valence-electron chi connectivity index (χ0n) is 9.26. The van der Waals surface area contributed by atoms with Crippen LogP contribution in [0.2, 0.25) is 5.02 Å². The summed E-state index contributed by atoms with van der Waals surface area (Å²) < 4.78 is 0. The van der Waals surface area contributed by atoms with E-state index >= 15 is 0 Å². The van der Waals surface area contributed by atoms with Crippen LogP contribution in [0.3, 0.4) is 0 Å². The molecule has 0 aliphatic heterocycles. The molecule has 15 heavy (non-hydrogen) atoms. The number of benzene rings is 1. The largest absolute Gasteiger partial charge is 0.385 e. The molecule has 0 aliphatic rings. The number of halogens is 1. The van der Waals surface area contributed by atoms with E-state index in [1.165, 1.54) is 0 Å². The van der Waals surface area contributed by atoms with Crippen LogP contribution < -0.4 is 0 Å². The van der Waals surface area contributed by atoms with E-state index < -0.39 is 5.60 Å². The molecule has 0 radical (unpaired) electrons. The van der Waals surface area contributed by atoms with Gasteiger partial charge in [-0.25, -0.2) is 0 Å². The van der Waals surface area contributed by atoms with Gasteiger partial charge in [0.2, 0.25) is 0 Å². The van der Waals surface area contributed by atoms with Crippen molar-refractivity contribution in [1.29, 1.82) is 0 Å². The van der Waals surface area contributed by atoms with E-state index in [4.69, 9.17) is 11.6 Å². The molecule has 1 aromatic rings. The minimum Gasteiger partial charge on any atom is -0.385 e. The van der Waals surface area contributed by atoms with Crippen LogP contribution in [0.1, 0.15) is 30.9 Å². The van der Waals surface area contributed by atoms with Gasteiger partial charge in [0.1, 0.15) is 0 Å². The Hall–Kier alpha value is -0.790. The molecule has 0 aliphatic carbocycles. The third-order valence-electron chi connectivity index (χ3n) is 2.63. The van der Waals surface area contributed by atoms with Crippen molar-refractivity contribution >= 4 is 11.6 Å². The number of hydrogen-bond donors (Lipinski definition) is 1. The van der Waals surface area contributed by atoms with Gasteiger partial charge in [-0.3, -0.25) is 0 Å². The second-order valence-electron chi connectivity index (χ2n) is 4.07. The molecule has 1 rings (SSSR count). The van der Waals surface area contributed by atoms with Crippen molar-refractivity contribution in [2.24, 2.45) is 0 Å². The first-order valence-corrected chi connectivity index (χ1v) is 5.45. The standard InChI is InChI=1S/C13H17ClO/c1-4-5-8-13(3,15)11-7-6-10(2)12(14)9-11/h4,6-7,9,15H,1,5,8H2,2-3H3. The van der Waals surface area contributed by atoms with Gasteiger partial charge in [0.25, 0.3) is 0 Å². The second kappa shape index (κ2) is 4.82. The first-order valence-electron chi connectivity index (χ1n) is 5.07. The summed E-state index contributed by atoms with van der Waals surface area (Å²) in [7, 11) is 0. The Kier molecular flexibility index (Phi) is 3.95. The van der Waals surface area contributed by atoms with Crippen LogP contribution >= 0.6 is 11.6 Å². The topological polar surface area (TPSA) is 20.2 Å². The molecule has 1 atom stereocenters. The average Bonchev–Trinajstić information content (AvgIpc) is 2.19. The highest BCUT2D eigenvalue weighted by molar-refractivity contribution is 6.31. The van der Waals surface area contributed by atoms with Crippen LogP contribution in [0, 0.1) is 6.92 Å². The quantitative estimate of drug-likeness (QED) is 0.771. The molecule has 0 spiro atoms. The monoisotopic (exact) mass is 224 g/mol. The predicted molar refractivity (Wildman–Crippen MR) is 65.2 cm³/mol. The lowest BCUT2D eigenvalue weighted by atomic mass is 9.90. The maximum Gasteiger partial charge on any atom is 0.0872 e. The van der Waals surface area contributed by atoms with Crippen molar-refractivity contribution in [2.75, 3.05) is 0 Å². The highest BCUT2D eigenvalue weighted by Crippen LogP contribution is 2.29. The minimum absolute atomic E-state index is 0.663. The molecule has 1 nitrogen and oxygen atoms in total. The Morgan fingerprint density at radius 2 is 2.20 bits per heavy atom. The number of allylic oxidation sites excluding steroid dienone is 1. The Balaban J connectivity index is 2.93. The summed E-state index contributed by atoms with van der Waals surface area (Å²) in [6, 6.07) is 5.68. The fourth-order valence-electron chi connectivity index (χ4n) is 1.46. The zero-order valence-corrected chi connectivity index (χ0v) is 10.0. The van der Waals surface area contributed by atoms with Crippen molar-refractivity contribution in [3.05, 3.63) is 47.0 Å². The zero-order chi connectivity index (χ0) is 11.5. The highest BCUT2D eigenvalue weighted by Gasteiger charge is 2.22. The lowest BCUT2D eigenvalue weighted by Gasteiger charge is -2.23. The first-order chi connectivity index (χ1) is 6.97. The van der Waals surface area contributed by atoms with Crippen LogP contribution in [-0.2, 0) is 5.60 Å². The van der Waals surface area contributed by atoms with Crippen molar-refractivity contribution < 1.29 is 5.11 Å². The van der Waals surface area contributed by atoms with E-state index in [0.29, 0.717) is 11.4 Å². The summed E-state index contributed by atoms with van der Waals surface area (Å²) in [5.41, 5.74) is 1.06. The van der Waals surface area contributed by atoms with Crippen LogP contribution in [0.5, 0.6) is 0 Å². The third-order valence-corrected chi connectivity index (χ3v) is 3.04. The van der Waals surface area contributed by atoms with E-state index in [0.717, 1.165) is 17.5 Å². The third kappa shape index (κ3) is 3.08. The highest BCUT2D eigenvalue weighted by atomic mass is 35.5. The molecule has 0 saturated carbocycles. The minimum atomic E-state index is -0.828. The van der Waals surface area contributed by atoms with Gasteiger partial charge in [-0.05, 0) is 43.9 Å². The van der Waals surface area contributed by atoms with Crippen molar-refractivity contribution in [3.8, 4) is 0 Å². The molecule has 0 aromatic heterocycles. The summed E-state index contributed by atoms with van der Waals surface area (Å²) >= 11 is 6.02. The number of aliphatic hydroxyl groups is 1. The molecular weight excluding hydrogens is 208 g/mol.